The van der Waals surface area contributed by atoms with E-state index in [4.69, 9.17) is 9.47 Å². The van der Waals surface area contributed by atoms with Gasteiger partial charge in [-0.2, -0.15) is 0 Å². The van der Waals surface area contributed by atoms with Gasteiger partial charge in [0, 0.05) is 12.5 Å². The fraction of sp³-hybridized carbons (Fsp3) is 0.467. The SMILES string of the molecule is CC(=O)N[C@@H](C=O)[C@@H](O)[C@H]1OC(c2ccccc2)OC[C@H]1O. The molecule has 7 nitrogen and oxygen atoms in total. The predicted molar refractivity (Wildman–Crippen MR) is 75.7 cm³/mol. The van der Waals surface area contributed by atoms with Crippen LogP contribution < -0.4 is 5.32 Å². The summed E-state index contributed by atoms with van der Waals surface area (Å²) in [5.74, 6) is -0.461. The molecule has 1 heterocycles. The smallest absolute Gasteiger partial charge is 0.217 e. The van der Waals surface area contributed by atoms with E-state index in [1.807, 2.05) is 18.2 Å². The van der Waals surface area contributed by atoms with Crippen LogP contribution in [0.5, 0.6) is 0 Å². The first kappa shape index (κ1) is 16.6. The van der Waals surface area contributed by atoms with Crippen LogP contribution in [0.1, 0.15) is 18.8 Å². The molecule has 0 saturated carbocycles. The minimum absolute atomic E-state index is 0.0487. The molecular formula is C15H19NO6. The summed E-state index contributed by atoms with van der Waals surface area (Å²) in [5.41, 5.74) is 0.730. The van der Waals surface area contributed by atoms with Gasteiger partial charge in [-0.25, -0.2) is 0 Å². The van der Waals surface area contributed by atoms with Crippen molar-refractivity contribution in [2.45, 2.75) is 37.6 Å². The van der Waals surface area contributed by atoms with Gasteiger partial charge < -0.3 is 29.8 Å². The molecule has 2 rings (SSSR count). The molecule has 1 aliphatic heterocycles. The highest BCUT2D eigenvalue weighted by Gasteiger charge is 2.40. The Morgan fingerprint density at radius 3 is 2.68 bits per heavy atom. The van der Waals surface area contributed by atoms with Crippen LogP contribution in [0.15, 0.2) is 30.3 Å². The molecule has 0 aromatic heterocycles. The number of ether oxygens (including phenoxy) is 2. The first-order valence-electron chi connectivity index (χ1n) is 6.93. The minimum atomic E-state index is -1.38. The molecule has 7 heteroatoms. The summed E-state index contributed by atoms with van der Waals surface area (Å²) in [4.78, 5) is 22.1. The highest BCUT2D eigenvalue weighted by atomic mass is 16.7. The Balaban J connectivity index is 2.10. The molecule has 22 heavy (non-hydrogen) atoms. The van der Waals surface area contributed by atoms with Crippen molar-refractivity contribution in [2.24, 2.45) is 0 Å². The molecular weight excluding hydrogens is 290 g/mol. The molecule has 5 atom stereocenters. The normalized spacial score (nSPS) is 27.7. The first-order chi connectivity index (χ1) is 10.5. The largest absolute Gasteiger partial charge is 0.388 e. The van der Waals surface area contributed by atoms with Crippen molar-refractivity contribution >= 4 is 12.2 Å². The number of carbonyl (C=O) groups is 2. The van der Waals surface area contributed by atoms with Gasteiger partial charge in [-0.3, -0.25) is 4.79 Å². The van der Waals surface area contributed by atoms with Crippen LogP contribution in [0, 0.1) is 0 Å². The fourth-order valence-corrected chi connectivity index (χ4v) is 2.29. The van der Waals surface area contributed by atoms with E-state index in [-0.39, 0.29) is 6.61 Å². The van der Waals surface area contributed by atoms with Crippen LogP contribution in [-0.4, -0.2) is 53.4 Å². The predicted octanol–water partition coefficient (Wildman–Crippen LogP) is -0.474. The van der Waals surface area contributed by atoms with Crippen molar-refractivity contribution in [3.8, 4) is 0 Å². The average molecular weight is 309 g/mol. The van der Waals surface area contributed by atoms with Gasteiger partial charge in [-0.1, -0.05) is 30.3 Å². The molecule has 0 radical (unpaired) electrons. The van der Waals surface area contributed by atoms with Crippen molar-refractivity contribution in [1.82, 2.24) is 5.32 Å². The third kappa shape index (κ3) is 3.89. The van der Waals surface area contributed by atoms with Gasteiger partial charge in [0.1, 0.15) is 30.6 Å². The summed E-state index contributed by atoms with van der Waals surface area (Å²) in [6, 6.07) is 7.88. The number of aliphatic hydroxyl groups is 2. The Morgan fingerprint density at radius 1 is 1.41 bits per heavy atom. The number of hydrogen-bond acceptors (Lipinski definition) is 6. The Morgan fingerprint density at radius 2 is 2.09 bits per heavy atom. The van der Waals surface area contributed by atoms with Crippen molar-refractivity contribution in [2.75, 3.05) is 6.61 Å². The zero-order chi connectivity index (χ0) is 16.1. The number of nitrogens with one attached hydrogen (secondary N) is 1. The third-order valence-electron chi connectivity index (χ3n) is 3.37. The van der Waals surface area contributed by atoms with Crippen molar-refractivity contribution in [3.05, 3.63) is 35.9 Å². The maximum absolute atomic E-state index is 11.1. The quantitative estimate of drug-likeness (QED) is 0.635. The molecule has 120 valence electrons. The molecule has 0 aliphatic carbocycles. The fourth-order valence-electron chi connectivity index (χ4n) is 2.29. The Labute approximate surface area is 127 Å². The van der Waals surface area contributed by atoms with Crippen LogP contribution >= 0.6 is 0 Å². The van der Waals surface area contributed by atoms with E-state index >= 15 is 0 Å². The van der Waals surface area contributed by atoms with E-state index in [1.54, 1.807) is 12.1 Å². The van der Waals surface area contributed by atoms with Gasteiger partial charge in [-0.15, -0.1) is 0 Å². The molecule has 1 aliphatic rings. The Bertz CT molecular complexity index is 508. The Hall–Kier alpha value is -1.80. The second kappa shape index (κ2) is 7.46. The molecule has 0 spiro atoms. The number of aldehydes is 1. The lowest BCUT2D eigenvalue weighted by Gasteiger charge is -2.38. The summed E-state index contributed by atoms with van der Waals surface area (Å²) < 4.78 is 11.0. The number of carbonyl (C=O) groups excluding carboxylic acids is 2. The highest BCUT2D eigenvalue weighted by molar-refractivity contribution is 5.77. The van der Waals surface area contributed by atoms with E-state index in [9.17, 15) is 19.8 Å². The van der Waals surface area contributed by atoms with Crippen LogP contribution in [0.2, 0.25) is 0 Å². The monoisotopic (exact) mass is 309 g/mol. The lowest BCUT2D eigenvalue weighted by molar-refractivity contribution is -0.276. The molecule has 1 aromatic rings. The van der Waals surface area contributed by atoms with Gasteiger partial charge in [-0.05, 0) is 0 Å². The van der Waals surface area contributed by atoms with E-state index in [0.717, 1.165) is 5.56 Å². The molecule has 1 unspecified atom stereocenters. The molecule has 1 saturated heterocycles. The van der Waals surface area contributed by atoms with Gasteiger partial charge in [0.15, 0.2) is 6.29 Å². The second-order valence-corrected chi connectivity index (χ2v) is 5.10. The summed E-state index contributed by atoms with van der Waals surface area (Å²) in [6.45, 7) is 1.18. The molecule has 1 amide bonds. The van der Waals surface area contributed by atoms with Crippen LogP contribution in [0.3, 0.4) is 0 Å². The van der Waals surface area contributed by atoms with Gasteiger partial charge in [0.25, 0.3) is 0 Å². The van der Waals surface area contributed by atoms with Gasteiger partial charge in [0.2, 0.25) is 5.91 Å². The zero-order valence-corrected chi connectivity index (χ0v) is 12.1. The lowest BCUT2D eigenvalue weighted by atomic mass is 10.0. The van der Waals surface area contributed by atoms with Crippen molar-refractivity contribution < 1.29 is 29.3 Å². The third-order valence-corrected chi connectivity index (χ3v) is 3.37. The van der Waals surface area contributed by atoms with E-state index in [0.29, 0.717) is 6.29 Å². The minimum Gasteiger partial charge on any atom is -0.388 e. The summed E-state index contributed by atoms with van der Waals surface area (Å²) >= 11 is 0. The Kier molecular flexibility index (Phi) is 5.62. The van der Waals surface area contributed by atoms with Gasteiger partial charge in [0.05, 0.1) is 6.61 Å². The molecule has 1 fully saturated rings. The van der Waals surface area contributed by atoms with Gasteiger partial charge >= 0.3 is 0 Å². The van der Waals surface area contributed by atoms with E-state index in [1.165, 1.54) is 6.92 Å². The highest BCUT2D eigenvalue weighted by Crippen LogP contribution is 2.28. The van der Waals surface area contributed by atoms with Crippen LogP contribution in [0.4, 0.5) is 0 Å². The number of aliphatic hydroxyl groups excluding tert-OH is 2. The molecule has 0 bridgehead atoms. The molecule has 1 aromatic carbocycles. The first-order valence-corrected chi connectivity index (χ1v) is 6.93. The van der Waals surface area contributed by atoms with Crippen molar-refractivity contribution in [1.29, 1.82) is 0 Å². The second-order valence-electron chi connectivity index (χ2n) is 5.10. The summed E-state index contributed by atoms with van der Waals surface area (Å²) in [6.07, 6.45) is -3.89. The maximum atomic E-state index is 11.1. The standard InChI is InChI=1S/C15H19NO6/c1-9(18)16-11(7-17)13(20)14-12(19)8-21-15(22-14)10-5-3-2-4-6-10/h2-7,11-15,19-20H,8H2,1H3,(H,16,18)/t11-,12+,13+,14-,15?/m0/s1. The number of rotatable bonds is 5. The van der Waals surface area contributed by atoms with Crippen LogP contribution in [-0.2, 0) is 19.1 Å². The number of hydrogen-bond donors (Lipinski definition) is 3. The average Bonchev–Trinajstić information content (AvgIpc) is 2.53. The topological polar surface area (TPSA) is 105 Å². The van der Waals surface area contributed by atoms with Crippen molar-refractivity contribution in [3.63, 3.8) is 0 Å². The van der Waals surface area contributed by atoms with E-state index < -0.39 is 36.6 Å². The number of benzene rings is 1. The van der Waals surface area contributed by atoms with Crippen LogP contribution in [0.25, 0.3) is 0 Å². The summed E-state index contributed by atoms with van der Waals surface area (Å²) in [5, 5.41) is 22.5. The number of amides is 1. The maximum Gasteiger partial charge on any atom is 0.217 e. The lowest BCUT2D eigenvalue weighted by Crippen LogP contribution is -2.56. The molecule has 3 N–H and O–H groups in total. The van der Waals surface area contributed by atoms with E-state index in [2.05, 4.69) is 5.32 Å². The summed E-state index contributed by atoms with van der Waals surface area (Å²) in [7, 11) is 0. The zero-order valence-electron chi connectivity index (χ0n) is 12.1.